The Kier molecular flexibility index (Phi) is 19.9. The number of aromatic nitrogens is 3. The van der Waals surface area contributed by atoms with Crippen LogP contribution in [0.15, 0.2) is 66.9 Å². The summed E-state index contributed by atoms with van der Waals surface area (Å²) in [5.74, 6) is 1.80. The lowest BCUT2D eigenvalue weighted by Crippen LogP contribution is -2.38. The minimum absolute atomic E-state index is 0.0681. The van der Waals surface area contributed by atoms with Gasteiger partial charge in [0, 0.05) is 54.8 Å². The van der Waals surface area contributed by atoms with Gasteiger partial charge in [0.05, 0.1) is 36.0 Å². The second-order valence-corrected chi connectivity index (χ2v) is 17.2. The highest BCUT2D eigenvalue weighted by Crippen LogP contribution is 2.64. The van der Waals surface area contributed by atoms with E-state index in [4.69, 9.17) is 19.7 Å². The first kappa shape index (κ1) is 51.7. The molecule has 0 spiro atoms. The molecule has 2 aromatic carbocycles. The van der Waals surface area contributed by atoms with Gasteiger partial charge in [0.1, 0.15) is 17.4 Å². The van der Waals surface area contributed by atoms with E-state index in [1.807, 2.05) is 56.0 Å². The lowest BCUT2D eigenvalue weighted by molar-refractivity contribution is -0.167. The van der Waals surface area contributed by atoms with Crippen molar-refractivity contribution < 1.29 is 42.7 Å². The summed E-state index contributed by atoms with van der Waals surface area (Å²) in [5.41, 5.74) is 3.17. The molecule has 2 aliphatic carbocycles. The van der Waals surface area contributed by atoms with Crippen molar-refractivity contribution in [3.63, 3.8) is 0 Å². The van der Waals surface area contributed by atoms with E-state index in [-0.39, 0.29) is 54.9 Å². The number of carbonyl (C=O) groups is 5. The average molecular weight is 890 g/mol. The van der Waals surface area contributed by atoms with Crippen LogP contribution in [-0.2, 0) is 47.0 Å². The molecule has 16 nitrogen and oxygen atoms in total. The number of ether oxygens (including phenoxy) is 3. The number of amides is 1. The molecule has 2 atom stereocenters. The van der Waals surface area contributed by atoms with Crippen molar-refractivity contribution in [1.29, 1.82) is 5.41 Å². The van der Waals surface area contributed by atoms with Gasteiger partial charge in [-0.3, -0.25) is 28.9 Å². The molecule has 2 aliphatic rings. The second kappa shape index (κ2) is 24.3. The van der Waals surface area contributed by atoms with Crippen LogP contribution in [0.1, 0.15) is 89.0 Å². The Morgan fingerprint density at radius 1 is 1.08 bits per heavy atom. The van der Waals surface area contributed by atoms with Gasteiger partial charge in [-0.05, 0) is 126 Å². The fourth-order valence-corrected chi connectivity index (χ4v) is 8.29. The Bertz CT molecular complexity index is 2140. The molecule has 2 aromatic heterocycles. The highest BCUT2D eigenvalue weighted by molar-refractivity contribution is 7.93. The highest BCUT2D eigenvalue weighted by atomic mass is 32.2. The molecule has 1 amide bonds. The van der Waals surface area contributed by atoms with Crippen molar-refractivity contribution in [2.24, 2.45) is 29.2 Å². The third-order valence-electron chi connectivity index (χ3n) is 11.2. The topological polar surface area (TPSA) is 215 Å². The third kappa shape index (κ3) is 13.7. The van der Waals surface area contributed by atoms with Crippen molar-refractivity contribution >= 4 is 70.9 Å². The number of nitrogens with zero attached hydrogens (tertiary/aromatic N) is 4. The normalized spacial score (nSPS) is 16.8. The van der Waals surface area contributed by atoms with Gasteiger partial charge in [0.2, 0.25) is 6.79 Å². The number of pyridine rings is 1. The number of nitrogens with one attached hydrogen (secondary N) is 3. The number of carbonyl (C=O) groups excluding carboxylic acids is 5. The molecule has 2 fully saturated rings. The summed E-state index contributed by atoms with van der Waals surface area (Å²) in [5, 5.41) is 13.4. The smallest absolute Gasteiger partial charge is 0.314 e. The molecule has 0 saturated heterocycles. The molecule has 0 aliphatic heterocycles. The van der Waals surface area contributed by atoms with Crippen molar-refractivity contribution in [3.8, 4) is 0 Å². The van der Waals surface area contributed by atoms with E-state index in [2.05, 4.69) is 38.9 Å². The standard InChI is InChI=1S/C27H28N6O3.C10H16O2S.C7H12O4.C2H7N/c1-3-36-26(34)13-15-33(24-6-4-5-14-29-24)27(35)20-9-12-23-22(16-20)31-25(32(23)2)18-30-21-10-7-19(17-28)8-11-21;1-9(2)7-3-4-10(9,6-13-12)8(11)5-7;1-7(2,3)6(9)11-5-10-4-8;1-3-2/h4-12,14,16-17,28,30H,3,13,15,18H2,1-2H3;7,12H,3-6H2,1-2H3;4H,5H2,1-3H3;3H,1-2H3. The lowest BCUT2D eigenvalue weighted by Gasteiger charge is -2.35. The molecule has 2 saturated carbocycles. The SMILES string of the molecule is CC(C)(C)C(=O)OCOC=O.CC1(C)C2CCC1(CSO)C(=O)C2.CCOC(=O)CCN(C(=O)c1ccc2c(c1)nc(CNc1ccc(C=N)cc1)n2C)c1ccccn1.CNC. The lowest BCUT2D eigenvalue weighted by atomic mass is 9.70. The molecule has 63 heavy (non-hydrogen) atoms. The number of hydrogen-bond acceptors (Lipinski definition) is 15. The maximum atomic E-state index is 13.5. The molecule has 6 rings (SSSR count). The van der Waals surface area contributed by atoms with Crippen LogP contribution in [0.5, 0.6) is 0 Å². The van der Waals surface area contributed by atoms with Crippen LogP contribution >= 0.6 is 12.0 Å². The van der Waals surface area contributed by atoms with Gasteiger partial charge < -0.3 is 39.4 Å². The van der Waals surface area contributed by atoms with Gasteiger partial charge in [-0.1, -0.05) is 32.0 Å². The quantitative estimate of drug-likeness (QED) is 0.0230. The molecule has 2 unspecified atom stereocenters. The van der Waals surface area contributed by atoms with E-state index in [9.17, 15) is 24.0 Å². The first-order valence-corrected chi connectivity index (χ1v) is 21.7. The number of anilines is 2. The fraction of sp³-hybridized carbons (Fsp3) is 0.478. The van der Waals surface area contributed by atoms with Crippen LogP contribution in [0.25, 0.3) is 11.0 Å². The van der Waals surface area contributed by atoms with Crippen LogP contribution in [0.4, 0.5) is 11.5 Å². The number of Topliss-reactive ketones (excluding diaryl/α,β-unsaturated/α-hetero) is 1. The van der Waals surface area contributed by atoms with Gasteiger partial charge in [-0.2, -0.15) is 0 Å². The van der Waals surface area contributed by atoms with Gasteiger partial charge in [-0.15, -0.1) is 0 Å². The molecule has 0 radical (unpaired) electrons. The van der Waals surface area contributed by atoms with Crippen LogP contribution in [0, 0.1) is 27.6 Å². The number of imidazole rings is 1. The Hall–Kier alpha value is -5.65. The molecule has 4 aromatic rings. The monoisotopic (exact) mass is 889 g/mol. The number of fused-ring (bicyclic) bond motifs is 3. The van der Waals surface area contributed by atoms with Crippen molar-refractivity contribution in [2.45, 2.75) is 73.8 Å². The molecule has 17 heteroatoms. The van der Waals surface area contributed by atoms with E-state index in [0.29, 0.717) is 47.5 Å². The van der Waals surface area contributed by atoms with Crippen molar-refractivity contribution in [3.05, 3.63) is 83.8 Å². The number of benzene rings is 2. The summed E-state index contributed by atoms with van der Waals surface area (Å²) in [6.45, 7) is 12.1. The van der Waals surface area contributed by atoms with Crippen LogP contribution in [0.3, 0.4) is 0 Å². The predicted molar refractivity (Wildman–Crippen MR) is 246 cm³/mol. The summed E-state index contributed by atoms with van der Waals surface area (Å²) in [4.78, 5) is 68.3. The van der Waals surface area contributed by atoms with E-state index >= 15 is 0 Å². The van der Waals surface area contributed by atoms with Crippen molar-refractivity contribution in [2.75, 3.05) is 50.0 Å². The predicted octanol–water partition coefficient (Wildman–Crippen LogP) is 7.31. The zero-order valence-corrected chi connectivity index (χ0v) is 38.7. The molecular formula is C46H63N7O9S. The largest absolute Gasteiger partial charge is 0.466 e. The zero-order valence-electron chi connectivity index (χ0n) is 37.9. The number of hydrogen-bond donors (Lipinski definition) is 4. The molecule has 342 valence electrons. The Labute approximate surface area is 374 Å². The van der Waals surface area contributed by atoms with E-state index in [1.165, 1.54) is 17.5 Å². The summed E-state index contributed by atoms with van der Waals surface area (Å²) in [6, 6.07) is 18.3. The van der Waals surface area contributed by atoms with Gasteiger partial charge in [-0.25, -0.2) is 9.97 Å². The summed E-state index contributed by atoms with van der Waals surface area (Å²) in [7, 11) is 5.69. The maximum absolute atomic E-state index is 13.5. The second-order valence-electron chi connectivity index (χ2n) is 16.6. The van der Waals surface area contributed by atoms with Crippen molar-refractivity contribution in [1.82, 2.24) is 19.9 Å². The number of aryl methyl sites for hydroxylation is 1. The Balaban J connectivity index is 0.000000317. The van der Waals surface area contributed by atoms with Crippen LogP contribution in [0.2, 0.25) is 0 Å². The van der Waals surface area contributed by atoms with Gasteiger partial charge >= 0.3 is 11.9 Å². The summed E-state index contributed by atoms with van der Waals surface area (Å²) < 4.78 is 24.7. The molecule has 2 heterocycles. The summed E-state index contributed by atoms with van der Waals surface area (Å²) in [6.07, 6.45) is 5.88. The van der Waals surface area contributed by atoms with Crippen LogP contribution in [-0.4, -0.2) is 95.2 Å². The Morgan fingerprint density at radius 2 is 1.78 bits per heavy atom. The Morgan fingerprint density at radius 3 is 2.32 bits per heavy atom. The highest BCUT2D eigenvalue weighted by Gasteiger charge is 2.63. The van der Waals surface area contributed by atoms with E-state index < -0.39 is 5.41 Å². The molecular weight excluding hydrogens is 827 g/mol. The summed E-state index contributed by atoms with van der Waals surface area (Å²) >= 11 is 0.834. The first-order valence-electron chi connectivity index (χ1n) is 20.7. The van der Waals surface area contributed by atoms with Crippen LogP contribution < -0.4 is 15.5 Å². The van der Waals surface area contributed by atoms with Gasteiger partial charge in [0.15, 0.2) is 0 Å². The zero-order chi connectivity index (χ0) is 46.8. The minimum atomic E-state index is -0.549. The van der Waals surface area contributed by atoms with E-state index in [1.54, 1.807) is 64.2 Å². The third-order valence-corrected chi connectivity index (χ3v) is 11.8. The fourth-order valence-electron chi connectivity index (χ4n) is 7.39. The average Bonchev–Trinajstić information content (AvgIpc) is 3.78. The molecule has 4 N–H and O–H groups in total. The van der Waals surface area contributed by atoms with E-state index in [0.717, 1.165) is 47.5 Å². The number of rotatable bonds is 15. The number of ketones is 1. The maximum Gasteiger partial charge on any atom is 0.314 e. The van der Waals surface area contributed by atoms with Gasteiger partial charge in [0.25, 0.3) is 12.4 Å². The minimum Gasteiger partial charge on any atom is -0.466 e. The molecule has 2 bridgehead atoms. The first-order chi connectivity index (χ1) is 29.9. The number of esters is 2.